The number of hydrogen-bond acceptors (Lipinski definition) is 4. The summed E-state index contributed by atoms with van der Waals surface area (Å²) in [6, 6.07) is 12.3. The third-order valence-electron chi connectivity index (χ3n) is 3.08. The summed E-state index contributed by atoms with van der Waals surface area (Å²) in [4.78, 5) is 23.9. The van der Waals surface area contributed by atoms with Crippen LogP contribution >= 0.6 is 15.9 Å². The zero-order valence-corrected chi connectivity index (χ0v) is 14.8. The van der Waals surface area contributed by atoms with Gasteiger partial charge < -0.3 is 9.47 Å². The van der Waals surface area contributed by atoms with Gasteiger partial charge in [-0.2, -0.15) is 0 Å². The van der Waals surface area contributed by atoms with Gasteiger partial charge in [0.05, 0.1) is 12.7 Å². The quantitative estimate of drug-likeness (QED) is 0.766. The minimum absolute atomic E-state index is 0.209. The van der Waals surface area contributed by atoms with Gasteiger partial charge in [-0.25, -0.2) is 0 Å². The lowest BCUT2D eigenvalue weighted by Crippen LogP contribution is -2.43. The van der Waals surface area contributed by atoms with Crippen LogP contribution in [0.5, 0.6) is 11.5 Å². The van der Waals surface area contributed by atoms with Crippen molar-refractivity contribution >= 4 is 27.7 Å². The predicted octanol–water partition coefficient (Wildman–Crippen LogP) is 2.61. The molecular formula is C17H17BrN2O4. The number of halogens is 1. The van der Waals surface area contributed by atoms with Crippen molar-refractivity contribution in [3.8, 4) is 11.5 Å². The van der Waals surface area contributed by atoms with Crippen LogP contribution in [0.2, 0.25) is 0 Å². The largest absolute Gasteiger partial charge is 0.496 e. The van der Waals surface area contributed by atoms with E-state index in [2.05, 4.69) is 26.8 Å². The zero-order chi connectivity index (χ0) is 17.5. The first-order valence-corrected chi connectivity index (χ1v) is 7.91. The molecule has 0 aromatic heterocycles. The Balaban J connectivity index is 1.87. The fourth-order valence-corrected chi connectivity index (χ4v) is 2.30. The Morgan fingerprint density at radius 1 is 1.12 bits per heavy atom. The Morgan fingerprint density at radius 2 is 1.92 bits per heavy atom. The average molecular weight is 393 g/mol. The minimum atomic E-state index is -0.489. The number of carbonyl (C=O) groups excluding carboxylic acids is 2. The monoisotopic (exact) mass is 392 g/mol. The number of ether oxygens (including phenoxy) is 2. The Hall–Kier alpha value is -2.54. The highest BCUT2D eigenvalue weighted by Gasteiger charge is 2.13. The van der Waals surface area contributed by atoms with Crippen LogP contribution in [0.1, 0.15) is 15.9 Å². The van der Waals surface area contributed by atoms with Crippen molar-refractivity contribution in [1.82, 2.24) is 10.9 Å². The molecule has 0 heterocycles. The number of amides is 2. The molecule has 0 atom stereocenters. The van der Waals surface area contributed by atoms with Crippen molar-refractivity contribution in [3.05, 3.63) is 58.1 Å². The molecule has 2 amide bonds. The minimum Gasteiger partial charge on any atom is -0.496 e. The van der Waals surface area contributed by atoms with Gasteiger partial charge in [0, 0.05) is 4.47 Å². The van der Waals surface area contributed by atoms with E-state index < -0.39 is 11.8 Å². The summed E-state index contributed by atoms with van der Waals surface area (Å²) < 4.78 is 11.2. The Bertz CT molecular complexity index is 749. The number of carbonyl (C=O) groups is 2. The maximum absolute atomic E-state index is 12.1. The number of aryl methyl sites for hydroxylation is 1. The number of nitrogens with one attached hydrogen (secondary N) is 2. The first-order chi connectivity index (χ1) is 11.5. The molecule has 0 fully saturated rings. The van der Waals surface area contributed by atoms with E-state index in [0.717, 1.165) is 10.0 Å². The van der Waals surface area contributed by atoms with Gasteiger partial charge in [0.15, 0.2) is 6.61 Å². The number of benzene rings is 2. The number of methoxy groups -OCH3 is 1. The van der Waals surface area contributed by atoms with Crippen molar-refractivity contribution in [3.63, 3.8) is 0 Å². The maximum atomic E-state index is 12.1. The molecule has 0 saturated heterocycles. The summed E-state index contributed by atoms with van der Waals surface area (Å²) in [5.74, 6) is 0.0296. The van der Waals surface area contributed by atoms with E-state index in [4.69, 9.17) is 9.47 Å². The molecule has 0 spiro atoms. The number of rotatable bonds is 5. The normalized spacial score (nSPS) is 9.96. The second-order valence-electron chi connectivity index (χ2n) is 4.95. The molecule has 0 aliphatic heterocycles. The summed E-state index contributed by atoms with van der Waals surface area (Å²) in [7, 11) is 1.47. The van der Waals surface area contributed by atoms with Gasteiger partial charge in [-0.1, -0.05) is 28.1 Å². The van der Waals surface area contributed by atoms with Gasteiger partial charge in [-0.15, -0.1) is 0 Å². The standard InChI is InChI=1S/C17H17BrN2O4/c1-11-4-3-5-13(8-11)24-10-16(21)19-20-17(22)14-9-12(18)6-7-15(14)23-2/h3-9H,10H2,1-2H3,(H,19,21)(H,20,22). The van der Waals surface area contributed by atoms with Crippen molar-refractivity contribution in [2.24, 2.45) is 0 Å². The molecule has 126 valence electrons. The highest BCUT2D eigenvalue weighted by molar-refractivity contribution is 9.10. The second-order valence-corrected chi connectivity index (χ2v) is 5.87. The Morgan fingerprint density at radius 3 is 2.62 bits per heavy atom. The SMILES string of the molecule is COc1ccc(Br)cc1C(=O)NNC(=O)COc1cccc(C)c1. The van der Waals surface area contributed by atoms with E-state index in [1.54, 1.807) is 24.3 Å². The van der Waals surface area contributed by atoms with Gasteiger partial charge >= 0.3 is 0 Å². The van der Waals surface area contributed by atoms with Gasteiger partial charge in [0.1, 0.15) is 11.5 Å². The first kappa shape index (κ1) is 17.8. The van der Waals surface area contributed by atoms with Crippen LogP contribution in [0.4, 0.5) is 0 Å². The predicted molar refractivity (Wildman–Crippen MR) is 93.0 cm³/mol. The fraction of sp³-hybridized carbons (Fsp3) is 0.176. The van der Waals surface area contributed by atoms with Crippen LogP contribution < -0.4 is 20.3 Å². The van der Waals surface area contributed by atoms with Crippen LogP contribution in [0.3, 0.4) is 0 Å². The van der Waals surface area contributed by atoms with Gasteiger partial charge in [-0.05, 0) is 42.8 Å². The van der Waals surface area contributed by atoms with Gasteiger partial charge in [-0.3, -0.25) is 20.4 Å². The van der Waals surface area contributed by atoms with Crippen LogP contribution in [0.25, 0.3) is 0 Å². The number of hydrazine groups is 1. The summed E-state index contributed by atoms with van der Waals surface area (Å²) >= 11 is 3.29. The van der Waals surface area contributed by atoms with Crippen LogP contribution in [-0.4, -0.2) is 25.5 Å². The molecule has 0 saturated carbocycles. The fourth-order valence-electron chi connectivity index (χ4n) is 1.94. The molecule has 24 heavy (non-hydrogen) atoms. The molecule has 0 unspecified atom stereocenters. The highest BCUT2D eigenvalue weighted by Crippen LogP contribution is 2.22. The van der Waals surface area contributed by atoms with E-state index in [1.165, 1.54) is 7.11 Å². The third-order valence-corrected chi connectivity index (χ3v) is 3.57. The molecule has 7 heteroatoms. The van der Waals surface area contributed by atoms with Crippen LogP contribution in [0.15, 0.2) is 46.9 Å². The highest BCUT2D eigenvalue weighted by atomic mass is 79.9. The first-order valence-electron chi connectivity index (χ1n) is 7.12. The molecule has 2 aromatic carbocycles. The molecule has 2 rings (SSSR count). The lowest BCUT2D eigenvalue weighted by atomic mass is 10.2. The van der Waals surface area contributed by atoms with E-state index in [-0.39, 0.29) is 6.61 Å². The third kappa shape index (κ3) is 4.99. The number of hydrogen-bond donors (Lipinski definition) is 2. The molecule has 0 aliphatic carbocycles. The van der Waals surface area contributed by atoms with Crippen LogP contribution in [-0.2, 0) is 4.79 Å². The van der Waals surface area contributed by atoms with E-state index in [0.29, 0.717) is 17.1 Å². The summed E-state index contributed by atoms with van der Waals surface area (Å²) in [5.41, 5.74) is 5.96. The van der Waals surface area contributed by atoms with Gasteiger partial charge in [0.25, 0.3) is 11.8 Å². The van der Waals surface area contributed by atoms with Gasteiger partial charge in [0.2, 0.25) is 0 Å². The topological polar surface area (TPSA) is 76.7 Å². The summed E-state index contributed by atoms with van der Waals surface area (Å²) in [6.45, 7) is 1.72. The van der Waals surface area contributed by atoms with Crippen molar-refractivity contribution in [1.29, 1.82) is 0 Å². The molecular weight excluding hydrogens is 376 g/mol. The average Bonchev–Trinajstić information content (AvgIpc) is 2.58. The second kappa shape index (κ2) is 8.35. The van der Waals surface area contributed by atoms with Crippen molar-refractivity contribution < 1.29 is 19.1 Å². The lowest BCUT2D eigenvalue weighted by molar-refractivity contribution is -0.123. The van der Waals surface area contributed by atoms with Crippen molar-refractivity contribution in [2.45, 2.75) is 6.92 Å². The van der Waals surface area contributed by atoms with E-state index in [1.807, 2.05) is 25.1 Å². The molecule has 0 radical (unpaired) electrons. The zero-order valence-electron chi connectivity index (χ0n) is 13.3. The Labute approximate surface area is 148 Å². The molecule has 2 aromatic rings. The Kier molecular flexibility index (Phi) is 6.20. The molecule has 2 N–H and O–H groups in total. The van der Waals surface area contributed by atoms with E-state index in [9.17, 15) is 9.59 Å². The van der Waals surface area contributed by atoms with Crippen molar-refractivity contribution in [2.75, 3.05) is 13.7 Å². The summed E-state index contributed by atoms with van der Waals surface area (Å²) in [5, 5.41) is 0. The van der Waals surface area contributed by atoms with E-state index >= 15 is 0 Å². The molecule has 6 nitrogen and oxygen atoms in total. The smallest absolute Gasteiger partial charge is 0.276 e. The molecule has 0 bridgehead atoms. The summed E-state index contributed by atoms with van der Waals surface area (Å²) in [6.07, 6.45) is 0. The van der Waals surface area contributed by atoms with Crippen LogP contribution in [0, 0.1) is 6.92 Å². The lowest BCUT2D eigenvalue weighted by Gasteiger charge is -2.11. The molecule has 0 aliphatic rings. The maximum Gasteiger partial charge on any atom is 0.276 e.